The topological polar surface area (TPSA) is 230 Å². The second-order valence-electron chi connectivity index (χ2n) is 4.13. The van der Waals surface area contributed by atoms with Crippen molar-refractivity contribution >= 4 is 30.0 Å². The zero-order valence-corrected chi connectivity index (χ0v) is 14.8. The predicted octanol–water partition coefficient (Wildman–Crippen LogP) is -7.11. The molecule has 0 saturated carbocycles. The van der Waals surface area contributed by atoms with Crippen molar-refractivity contribution < 1.29 is 84.0 Å². The van der Waals surface area contributed by atoms with Gasteiger partial charge in [0.15, 0.2) is 0 Å². The Morgan fingerprint density at radius 3 is 2.04 bits per heavy atom. The number of nitrogens with zero attached hydrogens (tertiary/aromatic N) is 1. The molecule has 3 N–H and O–H groups in total. The van der Waals surface area contributed by atoms with E-state index in [9.17, 15) is 39.6 Å². The molecule has 0 aliphatic carbocycles. The maximum absolute atomic E-state index is 10.2. The minimum absolute atomic E-state index is 0. The van der Waals surface area contributed by atoms with Crippen molar-refractivity contribution in [3.63, 3.8) is 0 Å². The molecule has 26 heavy (non-hydrogen) atoms. The fourth-order valence-electron chi connectivity index (χ4n) is 1.21. The van der Waals surface area contributed by atoms with Crippen LogP contribution in [0.4, 0.5) is 0 Å². The van der Waals surface area contributed by atoms with Crippen LogP contribution >= 0.6 is 0 Å². The number of rotatable bonds is 7. The number of H-pyrrole nitrogens is 1. The quantitative estimate of drug-likeness (QED) is 0.260. The van der Waals surface area contributed by atoms with Gasteiger partial charge in [0.2, 0.25) is 0 Å². The normalized spacial score (nSPS) is 13.0. The molecule has 0 aliphatic rings. The Morgan fingerprint density at radius 1 is 1.19 bits per heavy atom. The summed E-state index contributed by atoms with van der Waals surface area (Å²) in [6, 6.07) is 0. The van der Waals surface area contributed by atoms with Crippen molar-refractivity contribution in [1.82, 2.24) is 9.97 Å². The van der Waals surface area contributed by atoms with Crippen LogP contribution in [0.1, 0.15) is 12.1 Å². The van der Waals surface area contributed by atoms with Gasteiger partial charge in [-0.1, -0.05) is 0 Å². The van der Waals surface area contributed by atoms with Crippen molar-refractivity contribution in [2.24, 2.45) is 0 Å². The van der Waals surface area contributed by atoms with E-state index in [1.807, 2.05) is 0 Å². The molecule has 142 valence electrons. The van der Waals surface area contributed by atoms with E-state index in [1.165, 1.54) is 12.4 Å². The average Bonchev–Trinajstić information content (AvgIpc) is 2.97. The van der Waals surface area contributed by atoms with Crippen LogP contribution in [-0.2, 0) is 53.3 Å². The van der Waals surface area contributed by atoms with E-state index >= 15 is 0 Å². The van der Waals surface area contributed by atoms with Crippen LogP contribution in [0, 0.1) is 0 Å². The molecule has 1 aromatic rings. The first-order chi connectivity index (χ1) is 11.0. The van der Waals surface area contributed by atoms with Crippen LogP contribution in [-0.4, -0.2) is 55.8 Å². The van der Waals surface area contributed by atoms with Gasteiger partial charge in [0.1, 0.15) is 11.7 Å². The third-order valence-electron chi connectivity index (χ3n) is 2.35. The van der Waals surface area contributed by atoms with Gasteiger partial charge in [-0.2, -0.15) is 0 Å². The van der Waals surface area contributed by atoms with Gasteiger partial charge in [0.25, 0.3) is 0 Å². The summed E-state index contributed by atoms with van der Waals surface area (Å²) < 4.78 is 0. The Morgan fingerprint density at radius 2 is 1.73 bits per heavy atom. The van der Waals surface area contributed by atoms with E-state index in [4.69, 9.17) is 10.2 Å². The van der Waals surface area contributed by atoms with Gasteiger partial charge in [-0.05, 0) is 12.2 Å². The number of carbonyl (C=O) groups is 4. The third-order valence-corrected chi connectivity index (χ3v) is 2.35. The summed E-state index contributed by atoms with van der Waals surface area (Å²) in [5, 5.41) is 57.6. The SMILES string of the molecule is O=C([O-])C=Cc1c[nH]cn1.O=C([O-])CC(O)(C(=O)[O-])C(O)C(=O)[O-].[Mn+2].[Mn+2]. The zero-order chi connectivity index (χ0) is 18.9. The molecule has 1 heterocycles. The summed E-state index contributed by atoms with van der Waals surface area (Å²) >= 11 is 0. The van der Waals surface area contributed by atoms with Gasteiger partial charge in [-0.3, -0.25) is 0 Å². The van der Waals surface area contributed by atoms with Crippen molar-refractivity contribution in [3.8, 4) is 0 Å². The molecule has 0 spiro atoms. The molecule has 0 amide bonds. The van der Waals surface area contributed by atoms with Crippen molar-refractivity contribution in [3.05, 3.63) is 24.3 Å². The van der Waals surface area contributed by atoms with E-state index in [-0.39, 0.29) is 34.1 Å². The molecular weight excluding hydrogens is 442 g/mol. The minimum atomic E-state index is -3.46. The Bertz CT molecular complexity index is 634. The maximum atomic E-state index is 10.2. The molecule has 14 heteroatoms. The third kappa shape index (κ3) is 9.93. The second-order valence-corrected chi connectivity index (χ2v) is 4.13. The van der Waals surface area contributed by atoms with Crippen molar-refractivity contribution in [2.45, 2.75) is 18.1 Å². The first-order valence-electron chi connectivity index (χ1n) is 5.91. The molecule has 0 bridgehead atoms. The summed E-state index contributed by atoms with van der Waals surface area (Å²) in [4.78, 5) is 46.5. The minimum Gasteiger partial charge on any atom is -0.550 e. The fraction of sp³-hybridized carbons (Fsp3) is 0.250. The number of carbonyl (C=O) groups excluding carboxylic acids is 4. The van der Waals surface area contributed by atoms with Gasteiger partial charge in [-0.25, -0.2) is 4.98 Å². The number of carboxylic acid groups (broad SMARTS) is 4. The van der Waals surface area contributed by atoms with E-state index in [1.54, 1.807) is 6.20 Å². The predicted molar refractivity (Wildman–Crippen MR) is 63.2 cm³/mol. The van der Waals surface area contributed by atoms with Crippen LogP contribution in [0.25, 0.3) is 6.08 Å². The number of aromatic nitrogens is 2. The van der Waals surface area contributed by atoms with E-state index in [0.717, 1.165) is 6.08 Å². The molecule has 0 saturated heterocycles. The maximum Gasteiger partial charge on any atom is 2.00 e. The Kier molecular flexibility index (Phi) is 14.4. The number of aliphatic hydroxyl groups excluding tert-OH is 1. The van der Waals surface area contributed by atoms with Gasteiger partial charge in [0.05, 0.1) is 29.9 Å². The summed E-state index contributed by atoms with van der Waals surface area (Å²) in [7, 11) is 0. The number of nitrogens with one attached hydrogen (secondary N) is 1. The fourth-order valence-corrected chi connectivity index (χ4v) is 1.21. The molecule has 2 atom stereocenters. The van der Waals surface area contributed by atoms with Crippen molar-refractivity contribution in [1.29, 1.82) is 0 Å². The van der Waals surface area contributed by atoms with Crippen LogP contribution in [0.5, 0.6) is 0 Å². The van der Waals surface area contributed by atoms with Crippen LogP contribution in [0.15, 0.2) is 18.6 Å². The summed E-state index contributed by atoms with van der Waals surface area (Å²) in [6.45, 7) is 0. The smallest absolute Gasteiger partial charge is 0.550 e. The zero-order valence-electron chi connectivity index (χ0n) is 12.5. The second kappa shape index (κ2) is 13.1. The Hall–Kier alpha value is -2.21. The molecule has 0 fully saturated rings. The first-order valence-corrected chi connectivity index (χ1v) is 5.91. The standard InChI is InChI=1S/C6H6N2O2.C6H8O8.2Mn/c9-6(10)2-1-5-3-7-4-8-5;7-2(8)1-6(14,5(12)13)3(9)4(10)11;;/h1-4H,(H,7,8)(H,9,10);3,9,14H,1H2,(H,7,8)(H,10,11)(H,12,13);;/q;;2*+2/p-4. The summed E-state index contributed by atoms with van der Waals surface area (Å²) in [5.41, 5.74) is -2.89. The number of hydrogen-bond acceptors (Lipinski definition) is 11. The average molecular weight is 452 g/mol. The number of imidazole rings is 1. The number of aromatic amines is 1. The molecule has 1 rings (SSSR count). The van der Waals surface area contributed by atoms with Crippen LogP contribution in [0.2, 0.25) is 0 Å². The number of aliphatic carboxylic acids is 4. The summed E-state index contributed by atoms with van der Waals surface area (Å²) in [6.07, 6.45) is 0.798. The van der Waals surface area contributed by atoms with Gasteiger partial charge < -0.3 is 54.8 Å². The Labute approximate surface area is 166 Å². The molecule has 1 aromatic heterocycles. The van der Waals surface area contributed by atoms with Crippen LogP contribution < -0.4 is 20.4 Å². The molecule has 0 aromatic carbocycles. The molecule has 2 radical (unpaired) electrons. The van der Waals surface area contributed by atoms with Crippen LogP contribution in [0.3, 0.4) is 0 Å². The van der Waals surface area contributed by atoms with E-state index in [2.05, 4.69) is 9.97 Å². The van der Waals surface area contributed by atoms with Gasteiger partial charge in [-0.15, -0.1) is 0 Å². The van der Waals surface area contributed by atoms with E-state index < -0.39 is 42.0 Å². The number of aliphatic hydroxyl groups is 2. The largest absolute Gasteiger partial charge is 2.00 e. The Balaban J connectivity index is -0.000000393. The first kappa shape index (κ1) is 28.6. The van der Waals surface area contributed by atoms with Gasteiger partial charge in [0, 0.05) is 18.6 Å². The van der Waals surface area contributed by atoms with E-state index in [0.29, 0.717) is 5.69 Å². The number of hydrogen-bond donors (Lipinski definition) is 3. The molecule has 0 aliphatic heterocycles. The van der Waals surface area contributed by atoms with Gasteiger partial charge >= 0.3 is 34.1 Å². The molecular formula is C12H10Mn2N2O10. The van der Waals surface area contributed by atoms with Crippen molar-refractivity contribution in [2.75, 3.05) is 0 Å². The number of carboxylic acids is 4. The monoisotopic (exact) mass is 452 g/mol. The molecule has 12 nitrogen and oxygen atoms in total. The molecule has 2 unspecified atom stereocenters. The summed E-state index contributed by atoms with van der Waals surface area (Å²) in [5.74, 6) is -8.06.